The first kappa shape index (κ1) is 17.9. The predicted molar refractivity (Wildman–Crippen MR) is 85.3 cm³/mol. The quantitative estimate of drug-likeness (QED) is 0.466. The molecular formula is C18H24O7. The maximum absolute atomic E-state index is 12.2. The topological polar surface area (TPSA) is 99.1 Å². The fourth-order valence-electron chi connectivity index (χ4n) is 5.53. The average Bonchev–Trinajstić information content (AvgIpc) is 2.30. The summed E-state index contributed by atoms with van der Waals surface area (Å²) in [6, 6.07) is 0. The lowest BCUT2D eigenvalue weighted by atomic mass is 9.48. The van der Waals surface area contributed by atoms with Crippen LogP contribution < -0.4 is 0 Å². The molecule has 4 fully saturated rings. The van der Waals surface area contributed by atoms with E-state index in [0.717, 1.165) is 0 Å². The second-order valence-electron chi connectivity index (χ2n) is 8.19. The van der Waals surface area contributed by atoms with Crippen molar-refractivity contribution in [3.8, 4) is 0 Å². The van der Waals surface area contributed by atoms with Crippen molar-refractivity contribution in [1.82, 2.24) is 0 Å². The van der Waals surface area contributed by atoms with Crippen LogP contribution in [0.15, 0.2) is 12.2 Å². The van der Waals surface area contributed by atoms with Crippen molar-refractivity contribution < 1.29 is 33.7 Å². The zero-order valence-electron chi connectivity index (χ0n) is 14.8. The third kappa shape index (κ3) is 3.17. The molecule has 138 valence electrons. The molecule has 7 heteroatoms. The molecule has 0 aliphatic heterocycles. The molecule has 0 amide bonds. The molecule has 4 aliphatic carbocycles. The summed E-state index contributed by atoms with van der Waals surface area (Å²) in [7, 11) is 0. The fraction of sp³-hybridized carbons (Fsp3) is 0.722. The fourth-order valence-corrected chi connectivity index (χ4v) is 5.53. The lowest BCUT2D eigenvalue weighted by Crippen LogP contribution is -2.74. The maximum atomic E-state index is 12.2. The summed E-state index contributed by atoms with van der Waals surface area (Å²) in [5.41, 5.74) is -4.06. The van der Waals surface area contributed by atoms with Crippen LogP contribution in [0.1, 0.15) is 59.3 Å². The molecule has 4 saturated carbocycles. The number of aliphatic hydroxyl groups is 1. The van der Waals surface area contributed by atoms with Gasteiger partial charge in [0.25, 0.3) is 0 Å². The van der Waals surface area contributed by atoms with Crippen molar-refractivity contribution in [3.05, 3.63) is 12.2 Å². The van der Waals surface area contributed by atoms with Crippen LogP contribution >= 0.6 is 0 Å². The van der Waals surface area contributed by atoms with E-state index in [2.05, 4.69) is 6.58 Å². The SMILES string of the molecule is C=C(C)C(=O)OC12CC3(O)CC(OC(C)=O)(CC(OC(C)=O)(C3)C1)C2. The number of esters is 3. The van der Waals surface area contributed by atoms with E-state index in [9.17, 15) is 19.5 Å². The monoisotopic (exact) mass is 352 g/mol. The number of carbonyl (C=O) groups is 3. The van der Waals surface area contributed by atoms with Crippen LogP contribution in [0.25, 0.3) is 0 Å². The van der Waals surface area contributed by atoms with E-state index in [4.69, 9.17) is 14.2 Å². The Labute approximate surface area is 146 Å². The van der Waals surface area contributed by atoms with E-state index in [1.54, 1.807) is 6.92 Å². The molecule has 2 atom stereocenters. The van der Waals surface area contributed by atoms with Crippen LogP contribution in [0.5, 0.6) is 0 Å². The number of hydrogen-bond donors (Lipinski definition) is 1. The maximum Gasteiger partial charge on any atom is 0.333 e. The van der Waals surface area contributed by atoms with E-state index < -0.39 is 40.3 Å². The highest BCUT2D eigenvalue weighted by atomic mass is 16.6. The van der Waals surface area contributed by atoms with Crippen LogP contribution in [-0.4, -0.2) is 45.4 Å². The predicted octanol–water partition coefficient (Wildman–Crippen LogP) is 1.56. The number of carbonyl (C=O) groups excluding carboxylic acids is 3. The summed E-state index contributed by atoms with van der Waals surface area (Å²) >= 11 is 0. The number of rotatable bonds is 4. The molecule has 0 aromatic carbocycles. The Bertz CT molecular complexity index is 632. The first-order valence-electron chi connectivity index (χ1n) is 8.41. The molecule has 0 heterocycles. The van der Waals surface area contributed by atoms with Crippen LogP contribution in [0.3, 0.4) is 0 Å². The summed E-state index contributed by atoms with van der Waals surface area (Å²) < 4.78 is 16.9. The Morgan fingerprint density at radius 1 is 0.760 bits per heavy atom. The molecule has 4 rings (SSSR count). The molecule has 0 aromatic rings. The van der Waals surface area contributed by atoms with Gasteiger partial charge in [-0.15, -0.1) is 0 Å². The van der Waals surface area contributed by atoms with E-state index in [1.807, 2.05) is 0 Å². The van der Waals surface area contributed by atoms with Crippen molar-refractivity contribution in [2.75, 3.05) is 0 Å². The van der Waals surface area contributed by atoms with Crippen molar-refractivity contribution in [2.24, 2.45) is 0 Å². The van der Waals surface area contributed by atoms with Crippen LogP contribution in [0, 0.1) is 0 Å². The van der Waals surface area contributed by atoms with Gasteiger partial charge in [-0.3, -0.25) is 9.59 Å². The standard InChI is InChI=1S/C18H24O7/c1-11(2)14(21)25-18-7-15(22)5-16(9-18,23-12(3)19)8-17(6-15,10-18)24-13(4)20/h22H,1,5-10H2,2-4H3. The van der Waals surface area contributed by atoms with Crippen molar-refractivity contribution >= 4 is 17.9 Å². The lowest BCUT2D eigenvalue weighted by molar-refractivity contribution is -0.305. The zero-order valence-corrected chi connectivity index (χ0v) is 14.8. The summed E-state index contributed by atoms with van der Waals surface area (Å²) in [6.45, 7) is 7.74. The summed E-state index contributed by atoms with van der Waals surface area (Å²) in [4.78, 5) is 35.5. The van der Waals surface area contributed by atoms with Crippen LogP contribution in [0.2, 0.25) is 0 Å². The van der Waals surface area contributed by atoms with Crippen LogP contribution in [-0.2, 0) is 28.6 Å². The molecule has 0 saturated heterocycles. The van der Waals surface area contributed by atoms with Gasteiger partial charge < -0.3 is 19.3 Å². The molecule has 4 aliphatic rings. The summed E-state index contributed by atoms with van der Waals surface area (Å²) in [5.74, 6) is -1.53. The molecule has 0 radical (unpaired) electrons. The van der Waals surface area contributed by atoms with E-state index in [1.165, 1.54) is 13.8 Å². The van der Waals surface area contributed by atoms with Gasteiger partial charge in [0.15, 0.2) is 0 Å². The molecule has 4 bridgehead atoms. The normalized spacial score (nSPS) is 41.1. The molecule has 0 spiro atoms. The Balaban J connectivity index is 2.03. The number of hydrogen-bond acceptors (Lipinski definition) is 7. The van der Waals surface area contributed by atoms with Gasteiger partial charge in [0, 0.05) is 57.9 Å². The minimum absolute atomic E-state index is 0.227. The second kappa shape index (κ2) is 5.30. The Morgan fingerprint density at radius 2 is 1.12 bits per heavy atom. The molecule has 7 nitrogen and oxygen atoms in total. The molecule has 0 aromatic heterocycles. The molecule has 1 N–H and O–H groups in total. The third-order valence-corrected chi connectivity index (χ3v) is 5.26. The molecule has 2 unspecified atom stereocenters. The first-order chi connectivity index (χ1) is 11.4. The third-order valence-electron chi connectivity index (χ3n) is 5.26. The molecular weight excluding hydrogens is 328 g/mol. The van der Waals surface area contributed by atoms with Crippen molar-refractivity contribution in [3.63, 3.8) is 0 Å². The highest BCUT2D eigenvalue weighted by Crippen LogP contribution is 2.64. The lowest BCUT2D eigenvalue weighted by Gasteiger charge is -2.66. The summed E-state index contributed by atoms with van der Waals surface area (Å²) in [6.07, 6.45) is 1.58. The van der Waals surface area contributed by atoms with Gasteiger partial charge >= 0.3 is 17.9 Å². The minimum atomic E-state index is -1.23. The van der Waals surface area contributed by atoms with Gasteiger partial charge in [-0.25, -0.2) is 4.79 Å². The van der Waals surface area contributed by atoms with Gasteiger partial charge in [0.1, 0.15) is 16.8 Å². The first-order valence-corrected chi connectivity index (χ1v) is 8.41. The minimum Gasteiger partial charge on any atom is -0.459 e. The average molecular weight is 352 g/mol. The Kier molecular flexibility index (Phi) is 3.80. The van der Waals surface area contributed by atoms with E-state index >= 15 is 0 Å². The van der Waals surface area contributed by atoms with Gasteiger partial charge in [0.2, 0.25) is 0 Å². The zero-order chi connectivity index (χ0) is 18.7. The molecule has 25 heavy (non-hydrogen) atoms. The Morgan fingerprint density at radius 3 is 1.44 bits per heavy atom. The van der Waals surface area contributed by atoms with E-state index in [0.29, 0.717) is 6.42 Å². The second-order valence-corrected chi connectivity index (χ2v) is 8.19. The van der Waals surface area contributed by atoms with Gasteiger partial charge in [0.05, 0.1) is 5.60 Å². The van der Waals surface area contributed by atoms with Crippen molar-refractivity contribution in [1.29, 1.82) is 0 Å². The smallest absolute Gasteiger partial charge is 0.333 e. The van der Waals surface area contributed by atoms with Crippen molar-refractivity contribution in [2.45, 2.75) is 81.7 Å². The van der Waals surface area contributed by atoms with Gasteiger partial charge in [-0.05, 0) is 6.92 Å². The Hall–Kier alpha value is -1.89. The van der Waals surface area contributed by atoms with E-state index in [-0.39, 0.29) is 37.7 Å². The highest BCUT2D eigenvalue weighted by Gasteiger charge is 2.72. The number of ether oxygens (including phenoxy) is 3. The largest absolute Gasteiger partial charge is 0.459 e. The van der Waals surface area contributed by atoms with Crippen LogP contribution in [0.4, 0.5) is 0 Å². The van der Waals surface area contributed by atoms with Gasteiger partial charge in [-0.2, -0.15) is 0 Å². The van der Waals surface area contributed by atoms with Gasteiger partial charge in [-0.1, -0.05) is 6.58 Å². The highest BCUT2D eigenvalue weighted by molar-refractivity contribution is 5.87. The summed E-state index contributed by atoms with van der Waals surface area (Å²) in [5, 5.41) is 11.1.